The fourth-order valence-corrected chi connectivity index (χ4v) is 3.97. The smallest absolute Gasteiger partial charge is 0.317 e. The van der Waals surface area contributed by atoms with Crippen molar-refractivity contribution < 1.29 is 14.7 Å². The van der Waals surface area contributed by atoms with Crippen LogP contribution in [-0.4, -0.2) is 70.3 Å². The molecule has 0 aromatic carbocycles. The number of carbonyl (C=O) groups excluding carboxylic acids is 1. The van der Waals surface area contributed by atoms with Crippen molar-refractivity contribution >= 4 is 17.7 Å². The highest BCUT2D eigenvalue weighted by Crippen LogP contribution is 2.33. The van der Waals surface area contributed by atoms with Crippen LogP contribution in [-0.2, 0) is 4.79 Å². The quantitative estimate of drug-likeness (QED) is 0.705. The zero-order chi connectivity index (χ0) is 18.8. The van der Waals surface area contributed by atoms with Gasteiger partial charge in [-0.1, -0.05) is 0 Å². The molecule has 0 unspecified atom stereocenters. The van der Waals surface area contributed by atoms with E-state index in [0.29, 0.717) is 11.6 Å². The Bertz CT molecular complexity index is 679. The van der Waals surface area contributed by atoms with E-state index in [0.717, 1.165) is 38.3 Å². The Labute approximate surface area is 158 Å². The zero-order valence-corrected chi connectivity index (χ0v) is 15.5. The number of nitrogens with one attached hydrogen (secondary N) is 1. The molecule has 3 aliphatic rings. The summed E-state index contributed by atoms with van der Waals surface area (Å²) < 4.78 is 0. The van der Waals surface area contributed by atoms with Crippen LogP contribution in [0.2, 0.25) is 0 Å². The molecule has 0 bridgehead atoms. The highest BCUT2D eigenvalue weighted by atomic mass is 16.4. The first-order chi connectivity index (χ1) is 13.1. The molecule has 1 aromatic rings. The fraction of sp³-hybridized carbons (Fsp3) is 0.684. The van der Waals surface area contributed by atoms with Gasteiger partial charge in [0.15, 0.2) is 11.5 Å². The van der Waals surface area contributed by atoms with Crippen molar-refractivity contribution in [3.8, 4) is 0 Å². The fourth-order valence-electron chi connectivity index (χ4n) is 3.97. The molecule has 0 radical (unpaired) electrons. The molecule has 1 aromatic heterocycles. The van der Waals surface area contributed by atoms with Crippen LogP contribution in [0.4, 0.5) is 5.82 Å². The number of amides is 1. The van der Waals surface area contributed by atoms with Crippen LogP contribution in [0.5, 0.6) is 0 Å². The summed E-state index contributed by atoms with van der Waals surface area (Å²) in [5.74, 6) is 0.502. The van der Waals surface area contributed by atoms with Gasteiger partial charge in [-0.15, -0.1) is 10.2 Å². The standard InChI is InChI=1S/C19H27N5O3/c25-18(26)12-24(11-13-3-4-13)15-9-14(10-15)20-19(27)16-5-6-17(22-21-16)23-7-1-2-8-23/h5-6,13-15H,1-4,7-12H2,(H,20,27)(H,25,26). The number of carbonyl (C=O) groups is 2. The van der Waals surface area contributed by atoms with E-state index in [9.17, 15) is 9.59 Å². The van der Waals surface area contributed by atoms with Gasteiger partial charge in [0, 0.05) is 31.7 Å². The maximum absolute atomic E-state index is 12.4. The molecule has 4 rings (SSSR count). The molecule has 27 heavy (non-hydrogen) atoms. The van der Waals surface area contributed by atoms with Gasteiger partial charge in [0.1, 0.15) is 0 Å². The van der Waals surface area contributed by atoms with E-state index >= 15 is 0 Å². The molecular weight excluding hydrogens is 346 g/mol. The molecule has 2 heterocycles. The summed E-state index contributed by atoms with van der Waals surface area (Å²) in [5, 5.41) is 20.4. The maximum atomic E-state index is 12.4. The summed E-state index contributed by atoms with van der Waals surface area (Å²) >= 11 is 0. The lowest BCUT2D eigenvalue weighted by Gasteiger charge is -2.42. The van der Waals surface area contributed by atoms with Gasteiger partial charge < -0.3 is 15.3 Å². The lowest BCUT2D eigenvalue weighted by atomic mass is 9.85. The molecule has 2 N–H and O–H groups in total. The lowest BCUT2D eigenvalue weighted by molar-refractivity contribution is -0.139. The molecule has 2 aliphatic carbocycles. The van der Waals surface area contributed by atoms with Gasteiger partial charge in [0.25, 0.3) is 5.91 Å². The molecule has 1 amide bonds. The van der Waals surface area contributed by atoms with Crippen molar-refractivity contribution in [2.24, 2.45) is 5.92 Å². The van der Waals surface area contributed by atoms with E-state index in [4.69, 9.17) is 5.11 Å². The maximum Gasteiger partial charge on any atom is 0.317 e. The van der Waals surface area contributed by atoms with Crippen LogP contribution in [0.3, 0.4) is 0 Å². The third-order valence-corrected chi connectivity index (χ3v) is 5.81. The molecule has 1 aliphatic heterocycles. The van der Waals surface area contributed by atoms with Crippen LogP contribution >= 0.6 is 0 Å². The van der Waals surface area contributed by atoms with Gasteiger partial charge in [-0.25, -0.2) is 0 Å². The SMILES string of the molecule is O=C(O)CN(CC1CC1)C1CC(NC(=O)c2ccc(N3CCCC3)nn2)C1. The van der Waals surface area contributed by atoms with Crippen molar-refractivity contribution in [1.29, 1.82) is 0 Å². The van der Waals surface area contributed by atoms with E-state index < -0.39 is 5.97 Å². The van der Waals surface area contributed by atoms with Crippen molar-refractivity contribution in [2.75, 3.05) is 31.1 Å². The predicted molar refractivity (Wildman–Crippen MR) is 99.7 cm³/mol. The second-order valence-electron chi connectivity index (χ2n) is 8.03. The topological polar surface area (TPSA) is 98.7 Å². The van der Waals surface area contributed by atoms with Gasteiger partial charge in [-0.3, -0.25) is 14.5 Å². The number of hydrogen-bond acceptors (Lipinski definition) is 6. The van der Waals surface area contributed by atoms with Crippen LogP contribution in [0, 0.1) is 5.92 Å². The zero-order valence-electron chi connectivity index (χ0n) is 15.5. The Morgan fingerprint density at radius 3 is 2.52 bits per heavy atom. The first-order valence-electron chi connectivity index (χ1n) is 9.94. The summed E-state index contributed by atoms with van der Waals surface area (Å²) in [6, 6.07) is 3.92. The highest BCUT2D eigenvalue weighted by Gasteiger charge is 2.38. The summed E-state index contributed by atoms with van der Waals surface area (Å²) in [6.45, 7) is 2.95. The summed E-state index contributed by atoms with van der Waals surface area (Å²) in [5.41, 5.74) is 0.335. The molecule has 8 heteroatoms. The Hall–Kier alpha value is -2.22. The van der Waals surface area contributed by atoms with Crippen molar-refractivity contribution in [3.05, 3.63) is 17.8 Å². The number of aromatic nitrogens is 2. The van der Waals surface area contributed by atoms with Crippen LogP contribution in [0.15, 0.2) is 12.1 Å². The van der Waals surface area contributed by atoms with Gasteiger partial charge in [0.05, 0.1) is 6.54 Å². The molecule has 146 valence electrons. The molecule has 8 nitrogen and oxygen atoms in total. The second-order valence-corrected chi connectivity index (χ2v) is 8.03. The minimum Gasteiger partial charge on any atom is -0.480 e. The van der Waals surface area contributed by atoms with Gasteiger partial charge in [-0.05, 0) is 56.6 Å². The number of carboxylic acids is 1. The largest absolute Gasteiger partial charge is 0.480 e. The molecule has 0 spiro atoms. The Morgan fingerprint density at radius 1 is 1.19 bits per heavy atom. The summed E-state index contributed by atoms with van der Waals surface area (Å²) in [4.78, 5) is 27.7. The number of aliphatic carboxylic acids is 1. The Kier molecular flexibility index (Phi) is 5.24. The monoisotopic (exact) mass is 373 g/mol. The number of hydrogen-bond donors (Lipinski definition) is 2. The van der Waals surface area contributed by atoms with Crippen molar-refractivity contribution in [3.63, 3.8) is 0 Å². The summed E-state index contributed by atoms with van der Waals surface area (Å²) in [6.07, 6.45) is 6.35. The lowest BCUT2D eigenvalue weighted by Crippen LogP contribution is -2.55. The average molecular weight is 373 g/mol. The van der Waals surface area contributed by atoms with Crippen LogP contribution in [0.1, 0.15) is 49.0 Å². The highest BCUT2D eigenvalue weighted by molar-refractivity contribution is 5.92. The molecule has 2 saturated carbocycles. The molecule has 1 saturated heterocycles. The minimum atomic E-state index is -0.781. The number of nitrogens with zero attached hydrogens (tertiary/aromatic N) is 4. The predicted octanol–water partition coefficient (Wildman–Crippen LogP) is 1.13. The van der Waals surface area contributed by atoms with Crippen LogP contribution in [0.25, 0.3) is 0 Å². The molecule has 0 atom stereocenters. The first-order valence-corrected chi connectivity index (χ1v) is 9.94. The minimum absolute atomic E-state index is 0.0815. The van der Waals surface area contributed by atoms with Crippen LogP contribution < -0.4 is 10.2 Å². The van der Waals surface area contributed by atoms with Gasteiger partial charge >= 0.3 is 5.97 Å². The van der Waals surface area contributed by atoms with Gasteiger partial charge in [-0.2, -0.15) is 0 Å². The third-order valence-electron chi connectivity index (χ3n) is 5.81. The van der Waals surface area contributed by atoms with Gasteiger partial charge in [0.2, 0.25) is 0 Å². The second kappa shape index (κ2) is 7.80. The Morgan fingerprint density at radius 2 is 1.93 bits per heavy atom. The Balaban J connectivity index is 1.26. The van der Waals surface area contributed by atoms with E-state index in [1.54, 1.807) is 6.07 Å². The van der Waals surface area contributed by atoms with Crippen molar-refractivity contribution in [2.45, 2.75) is 50.6 Å². The molecule has 3 fully saturated rings. The summed E-state index contributed by atoms with van der Waals surface area (Å²) in [7, 11) is 0. The molecular formula is C19H27N5O3. The first kappa shape index (κ1) is 18.2. The third kappa shape index (κ3) is 4.55. The number of anilines is 1. The van der Waals surface area contributed by atoms with E-state index in [2.05, 4.69) is 25.3 Å². The normalized spacial score (nSPS) is 24.7. The number of rotatable bonds is 8. The number of carboxylic acid groups (broad SMARTS) is 1. The average Bonchev–Trinajstić information content (AvgIpc) is 3.26. The van der Waals surface area contributed by atoms with Crippen molar-refractivity contribution in [1.82, 2.24) is 20.4 Å². The van der Waals surface area contributed by atoms with E-state index in [1.807, 2.05) is 6.07 Å². The van der Waals surface area contributed by atoms with E-state index in [-0.39, 0.29) is 24.5 Å². The van der Waals surface area contributed by atoms with E-state index in [1.165, 1.54) is 25.7 Å².